The number of fused-ring (bicyclic) bond motifs is 1. The maximum atomic E-state index is 5.88. The summed E-state index contributed by atoms with van der Waals surface area (Å²) >= 11 is 0. The van der Waals surface area contributed by atoms with Crippen LogP contribution in [0.4, 0.5) is 17.5 Å². The first-order valence-corrected chi connectivity index (χ1v) is 7.05. The summed E-state index contributed by atoms with van der Waals surface area (Å²) in [6, 6.07) is 16.3. The molecule has 0 aliphatic rings. The predicted octanol–water partition coefficient (Wildman–Crippen LogP) is 3.68. The van der Waals surface area contributed by atoms with E-state index in [-0.39, 0.29) is 0 Å². The normalized spacial score (nSPS) is 10.8. The topological polar surface area (TPSA) is 55.0 Å². The molecule has 3 aromatic rings. The van der Waals surface area contributed by atoms with Crippen molar-refractivity contribution in [1.82, 2.24) is 9.97 Å². The van der Waals surface area contributed by atoms with Crippen molar-refractivity contribution < 1.29 is 0 Å². The monoisotopic (exact) mass is 278 g/mol. The van der Waals surface area contributed by atoms with Gasteiger partial charge in [0.1, 0.15) is 5.82 Å². The Morgan fingerprint density at radius 3 is 2.62 bits per heavy atom. The van der Waals surface area contributed by atoms with Crippen LogP contribution in [0.15, 0.2) is 48.5 Å². The van der Waals surface area contributed by atoms with Crippen molar-refractivity contribution in [3.8, 4) is 0 Å². The molecule has 0 aliphatic carbocycles. The van der Waals surface area contributed by atoms with Crippen LogP contribution in [0.25, 0.3) is 10.9 Å². The summed E-state index contributed by atoms with van der Waals surface area (Å²) in [5, 5.41) is 1.01. The van der Waals surface area contributed by atoms with Crippen LogP contribution in [-0.4, -0.2) is 16.5 Å². The third kappa shape index (κ3) is 2.52. The van der Waals surface area contributed by atoms with Gasteiger partial charge in [0, 0.05) is 17.6 Å². The predicted molar refractivity (Wildman–Crippen MR) is 87.8 cm³/mol. The molecule has 0 unspecified atom stereocenters. The molecule has 0 aliphatic heterocycles. The summed E-state index contributed by atoms with van der Waals surface area (Å²) in [6.07, 6.45) is 0. The first-order chi connectivity index (χ1) is 10.2. The molecule has 106 valence electrons. The van der Waals surface area contributed by atoms with E-state index in [2.05, 4.69) is 53.0 Å². The molecule has 4 nitrogen and oxygen atoms in total. The van der Waals surface area contributed by atoms with Gasteiger partial charge in [-0.25, -0.2) is 4.98 Å². The summed E-state index contributed by atoms with van der Waals surface area (Å²) in [4.78, 5) is 10.9. The fraction of sp³-hybridized carbons (Fsp3) is 0.176. The first-order valence-electron chi connectivity index (χ1n) is 7.05. The van der Waals surface area contributed by atoms with Crippen molar-refractivity contribution >= 4 is 28.4 Å². The Hall–Kier alpha value is -2.62. The molecule has 4 heteroatoms. The number of hydrogen-bond donors (Lipinski definition) is 1. The Morgan fingerprint density at radius 2 is 1.86 bits per heavy atom. The van der Waals surface area contributed by atoms with Crippen LogP contribution in [0.3, 0.4) is 0 Å². The highest BCUT2D eigenvalue weighted by atomic mass is 15.2. The van der Waals surface area contributed by atoms with E-state index < -0.39 is 0 Å². The van der Waals surface area contributed by atoms with Gasteiger partial charge < -0.3 is 10.6 Å². The van der Waals surface area contributed by atoms with Gasteiger partial charge in [0.25, 0.3) is 0 Å². The Bertz CT molecular complexity index is 783. The van der Waals surface area contributed by atoms with Crippen molar-refractivity contribution in [3.63, 3.8) is 0 Å². The van der Waals surface area contributed by atoms with Crippen LogP contribution in [0, 0.1) is 6.92 Å². The number of hydrogen-bond acceptors (Lipinski definition) is 4. The largest absolute Gasteiger partial charge is 0.368 e. The zero-order chi connectivity index (χ0) is 14.8. The quantitative estimate of drug-likeness (QED) is 0.794. The smallest absolute Gasteiger partial charge is 0.222 e. The van der Waals surface area contributed by atoms with Gasteiger partial charge in [0.2, 0.25) is 5.95 Å². The highest BCUT2D eigenvalue weighted by Gasteiger charge is 2.14. The molecule has 1 aromatic heterocycles. The first kappa shape index (κ1) is 13.4. The highest BCUT2D eigenvalue weighted by Crippen LogP contribution is 2.30. The Balaban J connectivity index is 2.21. The molecule has 0 radical (unpaired) electrons. The number of anilines is 3. The van der Waals surface area contributed by atoms with Crippen LogP contribution in [0.1, 0.15) is 12.5 Å². The lowest BCUT2D eigenvalue weighted by Crippen LogP contribution is -2.18. The van der Waals surface area contributed by atoms with E-state index in [9.17, 15) is 0 Å². The molecule has 0 saturated carbocycles. The molecule has 0 fully saturated rings. The minimum absolute atomic E-state index is 0.301. The molecule has 0 amide bonds. The maximum absolute atomic E-state index is 5.88. The van der Waals surface area contributed by atoms with Crippen molar-refractivity contribution in [3.05, 3.63) is 54.1 Å². The van der Waals surface area contributed by atoms with E-state index in [4.69, 9.17) is 5.73 Å². The summed E-state index contributed by atoms with van der Waals surface area (Å²) < 4.78 is 0. The summed E-state index contributed by atoms with van der Waals surface area (Å²) in [5.41, 5.74) is 9.07. The minimum Gasteiger partial charge on any atom is -0.368 e. The number of benzene rings is 2. The van der Waals surface area contributed by atoms with Gasteiger partial charge in [-0.15, -0.1) is 0 Å². The van der Waals surface area contributed by atoms with E-state index in [0.29, 0.717) is 5.95 Å². The lowest BCUT2D eigenvalue weighted by Gasteiger charge is -2.24. The maximum Gasteiger partial charge on any atom is 0.222 e. The second kappa shape index (κ2) is 5.40. The Labute approximate surface area is 124 Å². The van der Waals surface area contributed by atoms with Crippen molar-refractivity contribution in [2.24, 2.45) is 0 Å². The van der Waals surface area contributed by atoms with Gasteiger partial charge in [-0.05, 0) is 43.7 Å². The lowest BCUT2D eigenvalue weighted by atomic mass is 10.2. The Morgan fingerprint density at radius 1 is 1.05 bits per heavy atom. The third-order valence-corrected chi connectivity index (χ3v) is 3.49. The van der Waals surface area contributed by atoms with Crippen LogP contribution < -0.4 is 10.6 Å². The van der Waals surface area contributed by atoms with Gasteiger partial charge >= 0.3 is 0 Å². The number of aromatic nitrogens is 2. The lowest BCUT2D eigenvalue weighted by molar-refractivity contribution is 0.992. The zero-order valence-corrected chi connectivity index (χ0v) is 12.2. The van der Waals surface area contributed by atoms with Crippen molar-refractivity contribution in [2.75, 3.05) is 17.2 Å². The minimum atomic E-state index is 0.301. The van der Waals surface area contributed by atoms with Crippen LogP contribution in [-0.2, 0) is 0 Å². The van der Waals surface area contributed by atoms with Crippen molar-refractivity contribution in [2.45, 2.75) is 13.8 Å². The van der Waals surface area contributed by atoms with E-state index >= 15 is 0 Å². The fourth-order valence-electron chi connectivity index (χ4n) is 2.53. The number of aryl methyl sites for hydroxylation is 1. The van der Waals surface area contributed by atoms with Crippen LogP contribution >= 0.6 is 0 Å². The van der Waals surface area contributed by atoms with E-state index in [1.807, 2.05) is 24.3 Å². The third-order valence-electron chi connectivity index (χ3n) is 3.49. The molecule has 0 bridgehead atoms. The SMILES string of the molecule is CCN(c1cccc(C)c1)c1nc(N)nc2ccccc12. The zero-order valence-electron chi connectivity index (χ0n) is 12.2. The number of nitrogens with zero attached hydrogens (tertiary/aromatic N) is 3. The van der Waals surface area contributed by atoms with Crippen molar-refractivity contribution in [1.29, 1.82) is 0 Å². The molecule has 2 N–H and O–H groups in total. The number of nitrogens with two attached hydrogens (primary N) is 1. The van der Waals surface area contributed by atoms with Gasteiger partial charge in [-0.2, -0.15) is 4.98 Å². The molecule has 21 heavy (non-hydrogen) atoms. The Kier molecular flexibility index (Phi) is 3.44. The number of nitrogen functional groups attached to an aromatic ring is 1. The summed E-state index contributed by atoms with van der Waals surface area (Å²) in [7, 11) is 0. The average molecular weight is 278 g/mol. The van der Waals surface area contributed by atoms with Gasteiger partial charge in [-0.3, -0.25) is 0 Å². The molecule has 1 heterocycles. The number of rotatable bonds is 3. The van der Waals surface area contributed by atoms with Gasteiger partial charge in [0.15, 0.2) is 0 Å². The van der Waals surface area contributed by atoms with Crippen LogP contribution in [0.2, 0.25) is 0 Å². The standard InChI is InChI=1S/C17H18N4/c1-3-21(13-8-6-7-12(2)11-13)16-14-9-4-5-10-15(14)19-17(18)20-16/h4-11H,3H2,1-2H3,(H2,18,19,20). The average Bonchev–Trinajstić information content (AvgIpc) is 2.48. The molecule has 0 saturated heterocycles. The van der Waals surface area contributed by atoms with Gasteiger partial charge in [-0.1, -0.05) is 24.3 Å². The van der Waals surface area contributed by atoms with E-state index in [1.165, 1.54) is 5.56 Å². The van der Waals surface area contributed by atoms with Crippen LogP contribution in [0.5, 0.6) is 0 Å². The van der Waals surface area contributed by atoms with Gasteiger partial charge in [0.05, 0.1) is 5.52 Å². The summed E-state index contributed by atoms with van der Waals surface area (Å²) in [5.74, 6) is 1.15. The highest BCUT2D eigenvalue weighted by molar-refractivity contribution is 5.92. The number of para-hydroxylation sites is 1. The van der Waals surface area contributed by atoms with E-state index in [1.54, 1.807) is 0 Å². The molecular weight excluding hydrogens is 260 g/mol. The second-order valence-electron chi connectivity index (χ2n) is 5.01. The molecular formula is C17H18N4. The van der Waals surface area contributed by atoms with E-state index in [0.717, 1.165) is 29.0 Å². The molecule has 0 spiro atoms. The molecule has 2 aromatic carbocycles. The fourth-order valence-corrected chi connectivity index (χ4v) is 2.53. The summed E-state index contributed by atoms with van der Waals surface area (Å²) in [6.45, 7) is 5.00. The molecule has 3 rings (SSSR count). The molecule has 0 atom stereocenters. The second-order valence-corrected chi connectivity index (χ2v) is 5.01.